The van der Waals surface area contributed by atoms with Crippen molar-refractivity contribution in [3.05, 3.63) is 53.9 Å². The number of nitrogens with zero attached hydrogens (tertiary/aromatic N) is 1. The predicted octanol–water partition coefficient (Wildman–Crippen LogP) is 4.46. The van der Waals surface area contributed by atoms with Gasteiger partial charge in [-0.05, 0) is 25.1 Å². The van der Waals surface area contributed by atoms with Crippen LogP contribution in [-0.4, -0.2) is 11.6 Å². The van der Waals surface area contributed by atoms with E-state index in [9.17, 15) is 0 Å². The van der Waals surface area contributed by atoms with Crippen molar-refractivity contribution in [2.45, 2.75) is 6.92 Å². The molecule has 0 radical (unpaired) electrons. The number of hydrogen-bond acceptors (Lipinski definition) is 4. The Morgan fingerprint density at radius 2 is 1.90 bits per heavy atom. The standard InChI is InChI=1S/C17H16N2OS/c1-2-20-16-9-8-13(10-14(16)18)17-19-15(11-21-17)12-6-4-3-5-7-12/h3-11H,2,18H2,1H3. The summed E-state index contributed by atoms with van der Waals surface area (Å²) >= 11 is 1.62. The van der Waals surface area contributed by atoms with Crippen LogP contribution in [0.2, 0.25) is 0 Å². The molecule has 4 heteroatoms. The minimum atomic E-state index is 0.610. The average molecular weight is 296 g/mol. The van der Waals surface area contributed by atoms with Gasteiger partial charge in [0.15, 0.2) is 0 Å². The number of ether oxygens (including phenoxy) is 1. The molecule has 1 aromatic heterocycles. The molecule has 1 heterocycles. The van der Waals surface area contributed by atoms with Crippen molar-refractivity contribution in [1.29, 1.82) is 0 Å². The van der Waals surface area contributed by atoms with Crippen LogP contribution >= 0.6 is 11.3 Å². The van der Waals surface area contributed by atoms with Gasteiger partial charge < -0.3 is 10.5 Å². The first-order valence-electron chi connectivity index (χ1n) is 6.81. The molecule has 2 N–H and O–H groups in total. The topological polar surface area (TPSA) is 48.1 Å². The molecule has 3 nitrogen and oxygen atoms in total. The second-order valence-corrected chi connectivity index (χ2v) is 5.45. The molecule has 0 spiro atoms. The lowest BCUT2D eigenvalue weighted by Crippen LogP contribution is -1.96. The van der Waals surface area contributed by atoms with Crippen LogP contribution in [0.3, 0.4) is 0 Å². The molecular weight excluding hydrogens is 280 g/mol. The highest BCUT2D eigenvalue weighted by Crippen LogP contribution is 2.32. The van der Waals surface area contributed by atoms with Gasteiger partial charge in [-0.3, -0.25) is 0 Å². The van der Waals surface area contributed by atoms with Crippen LogP contribution in [0.1, 0.15) is 6.92 Å². The van der Waals surface area contributed by atoms with E-state index in [0.29, 0.717) is 12.3 Å². The van der Waals surface area contributed by atoms with E-state index in [4.69, 9.17) is 10.5 Å². The summed E-state index contributed by atoms with van der Waals surface area (Å²) < 4.78 is 5.46. The zero-order chi connectivity index (χ0) is 14.7. The van der Waals surface area contributed by atoms with Crippen LogP contribution in [0.25, 0.3) is 21.8 Å². The van der Waals surface area contributed by atoms with Gasteiger partial charge in [-0.2, -0.15) is 0 Å². The molecule has 0 aliphatic rings. The van der Waals surface area contributed by atoms with E-state index in [1.807, 2.05) is 43.3 Å². The minimum Gasteiger partial charge on any atom is -0.492 e. The Labute approximate surface area is 128 Å². The van der Waals surface area contributed by atoms with Gasteiger partial charge in [-0.1, -0.05) is 30.3 Å². The summed E-state index contributed by atoms with van der Waals surface area (Å²) in [5, 5.41) is 3.03. The third-order valence-electron chi connectivity index (χ3n) is 3.13. The van der Waals surface area contributed by atoms with E-state index in [0.717, 1.165) is 27.6 Å². The van der Waals surface area contributed by atoms with Gasteiger partial charge in [-0.25, -0.2) is 4.98 Å². The Morgan fingerprint density at radius 3 is 2.62 bits per heavy atom. The summed E-state index contributed by atoms with van der Waals surface area (Å²) in [6.45, 7) is 2.55. The summed E-state index contributed by atoms with van der Waals surface area (Å²) in [6.07, 6.45) is 0. The first kappa shape index (κ1) is 13.6. The molecule has 0 unspecified atom stereocenters. The molecule has 0 atom stereocenters. The molecule has 0 bridgehead atoms. The molecular formula is C17H16N2OS. The average Bonchev–Trinajstić information content (AvgIpc) is 3.00. The van der Waals surface area contributed by atoms with Crippen molar-refractivity contribution in [3.8, 4) is 27.6 Å². The molecule has 0 amide bonds. The highest BCUT2D eigenvalue weighted by molar-refractivity contribution is 7.13. The van der Waals surface area contributed by atoms with E-state index in [-0.39, 0.29) is 0 Å². The SMILES string of the molecule is CCOc1ccc(-c2nc(-c3ccccc3)cs2)cc1N. The second kappa shape index (κ2) is 5.97. The monoisotopic (exact) mass is 296 g/mol. The third kappa shape index (κ3) is 2.90. The maximum atomic E-state index is 6.01. The highest BCUT2D eigenvalue weighted by Gasteiger charge is 2.08. The maximum absolute atomic E-state index is 6.01. The van der Waals surface area contributed by atoms with Crippen LogP contribution in [0, 0.1) is 0 Å². The van der Waals surface area contributed by atoms with Crippen molar-refractivity contribution < 1.29 is 4.74 Å². The number of thiazole rings is 1. The van der Waals surface area contributed by atoms with Crippen molar-refractivity contribution in [2.24, 2.45) is 0 Å². The fourth-order valence-electron chi connectivity index (χ4n) is 2.12. The van der Waals surface area contributed by atoms with E-state index < -0.39 is 0 Å². The zero-order valence-electron chi connectivity index (χ0n) is 11.7. The van der Waals surface area contributed by atoms with Gasteiger partial charge in [0.25, 0.3) is 0 Å². The molecule has 0 aliphatic carbocycles. The van der Waals surface area contributed by atoms with Gasteiger partial charge in [0.05, 0.1) is 18.0 Å². The molecule has 106 valence electrons. The zero-order valence-corrected chi connectivity index (χ0v) is 12.6. The molecule has 2 aromatic carbocycles. The van der Waals surface area contributed by atoms with Gasteiger partial charge in [0, 0.05) is 16.5 Å². The summed E-state index contributed by atoms with van der Waals surface area (Å²) in [7, 11) is 0. The lowest BCUT2D eigenvalue weighted by Gasteiger charge is -2.07. The number of hydrogen-bond donors (Lipinski definition) is 1. The summed E-state index contributed by atoms with van der Waals surface area (Å²) in [4.78, 5) is 4.69. The molecule has 21 heavy (non-hydrogen) atoms. The Morgan fingerprint density at radius 1 is 1.10 bits per heavy atom. The lowest BCUT2D eigenvalue weighted by atomic mass is 10.1. The molecule has 0 fully saturated rings. The molecule has 3 aromatic rings. The van der Waals surface area contributed by atoms with E-state index >= 15 is 0 Å². The second-order valence-electron chi connectivity index (χ2n) is 4.59. The molecule has 0 saturated carbocycles. The van der Waals surface area contributed by atoms with Crippen molar-refractivity contribution >= 4 is 17.0 Å². The van der Waals surface area contributed by atoms with Crippen molar-refractivity contribution in [1.82, 2.24) is 4.98 Å². The van der Waals surface area contributed by atoms with Crippen LogP contribution in [0.4, 0.5) is 5.69 Å². The normalized spacial score (nSPS) is 10.5. The molecule has 3 rings (SSSR count). The smallest absolute Gasteiger partial charge is 0.142 e. The predicted molar refractivity (Wildman–Crippen MR) is 88.6 cm³/mol. The van der Waals surface area contributed by atoms with Gasteiger partial charge >= 0.3 is 0 Å². The summed E-state index contributed by atoms with van der Waals surface area (Å²) in [5.74, 6) is 0.723. The first-order valence-corrected chi connectivity index (χ1v) is 7.69. The lowest BCUT2D eigenvalue weighted by molar-refractivity contribution is 0.342. The van der Waals surface area contributed by atoms with Gasteiger partial charge in [-0.15, -0.1) is 11.3 Å². The van der Waals surface area contributed by atoms with Crippen LogP contribution in [0.5, 0.6) is 5.75 Å². The number of anilines is 1. The number of benzene rings is 2. The molecule has 0 saturated heterocycles. The quantitative estimate of drug-likeness (QED) is 0.723. The fraction of sp³-hybridized carbons (Fsp3) is 0.118. The Bertz CT molecular complexity index is 738. The Hall–Kier alpha value is -2.33. The van der Waals surface area contributed by atoms with Crippen molar-refractivity contribution in [3.63, 3.8) is 0 Å². The number of nitrogen functional groups attached to an aromatic ring is 1. The van der Waals surface area contributed by atoms with Gasteiger partial charge in [0.1, 0.15) is 10.8 Å². The van der Waals surface area contributed by atoms with Crippen molar-refractivity contribution in [2.75, 3.05) is 12.3 Å². The summed E-state index contributed by atoms with van der Waals surface area (Å²) in [6, 6.07) is 16.0. The van der Waals surface area contributed by atoms with Gasteiger partial charge in [0.2, 0.25) is 0 Å². The van der Waals surface area contributed by atoms with E-state index in [2.05, 4.69) is 22.5 Å². The fourth-order valence-corrected chi connectivity index (χ4v) is 2.94. The first-order chi connectivity index (χ1) is 10.3. The highest BCUT2D eigenvalue weighted by atomic mass is 32.1. The summed E-state index contributed by atoms with van der Waals surface area (Å²) in [5.41, 5.74) is 9.79. The Kier molecular flexibility index (Phi) is 3.88. The van der Waals surface area contributed by atoms with Crippen LogP contribution in [-0.2, 0) is 0 Å². The largest absolute Gasteiger partial charge is 0.492 e. The van der Waals surface area contributed by atoms with E-state index in [1.54, 1.807) is 11.3 Å². The number of aromatic nitrogens is 1. The number of rotatable bonds is 4. The van der Waals surface area contributed by atoms with Crippen LogP contribution < -0.4 is 10.5 Å². The van der Waals surface area contributed by atoms with Crippen LogP contribution in [0.15, 0.2) is 53.9 Å². The molecule has 0 aliphatic heterocycles. The van der Waals surface area contributed by atoms with E-state index in [1.165, 1.54) is 0 Å². The number of nitrogens with two attached hydrogens (primary N) is 1. The Balaban J connectivity index is 1.91. The minimum absolute atomic E-state index is 0.610. The maximum Gasteiger partial charge on any atom is 0.142 e. The third-order valence-corrected chi connectivity index (χ3v) is 4.02.